The molecule has 0 heterocycles. The summed E-state index contributed by atoms with van der Waals surface area (Å²) in [6, 6.07) is 109. The van der Waals surface area contributed by atoms with Gasteiger partial charge in [-0.1, -0.05) is 231 Å². The number of aromatic hydroxyl groups is 16. The molecule has 19 aromatic rings. The summed E-state index contributed by atoms with van der Waals surface area (Å²) >= 11 is 0. The average Bonchev–Trinajstić information content (AvgIpc) is 0.781. The fraction of sp³-hybridized carbons (Fsp3) is 0.0796. The molecule has 0 aliphatic rings. The predicted octanol–water partition coefficient (Wildman–Crippen LogP) is 23.8. The molecule has 0 aliphatic heterocycles. The number of hydrogen-bond acceptors (Lipinski definition) is 16. The molecule has 19 aromatic carbocycles. The molecule has 16 heteroatoms. The minimum Gasteiger partial charge on any atom is -0.508 e. The number of benzene rings is 19. The first-order valence-corrected chi connectivity index (χ1v) is 42.0. The molecule has 642 valence electrons. The predicted molar refractivity (Wildman–Crippen MR) is 510 cm³/mol. The maximum absolute atomic E-state index is 11.0. The zero-order valence-electron chi connectivity index (χ0n) is 70.2. The van der Waals surface area contributed by atoms with Crippen molar-refractivity contribution in [3.05, 3.63) is 464 Å². The summed E-state index contributed by atoms with van der Waals surface area (Å²) in [6.07, 6.45) is 5.34. The van der Waals surface area contributed by atoms with Crippen molar-refractivity contribution in [1.82, 2.24) is 0 Å². The highest BCUT2D eigenvalue weighted by atomic mass is 16.3. The van der Waals surface area contributed by atoms with E-state index in [1.165, 1.54) is 5.56 Å². The summed E-state index contributed by atoms with van der Waals surface area (Å²) < 4.78 is 0. The van der Waals surface area contributed by atoms with E-state index in [4.69, 9.17) is 0 Å². The molecule has 0 fully saturated rings. The Hall–Kier alpha value is -16.7. The lowest BCUT2D eigenvalue weighted by Crippen LogP contribution is -1.97. The van der Waals surface area contributed by atoms with Crippen LogP contribution in [0, 0.1) is 0 Å². The summed E-state index contributed by atoms with van der Waals surface area (Å²) in [6.45, 7) is 0. The summed E-state index contributed by atoms with van der Waals surface area (Å²) in [5.74, 6) is 3.55. The van der Waals surface area contributed by atoms with E-state index in [0.29, 0.717) is 95.5 Å². The van der Waals surface area contributed by atoms with Crippen molar-refractivity contribution in [3.63, 3.8) is 0 Å². The van der Waals surface area contributed by atoms with Crippen LogP contribution in [-0.4, -0.2) is 81.7 Å². The van der Waals surface area contributed by atoms with Crippen LogP contribution in [0.1, 0.15) is 100 Å². The molecule has 16 N–H and O–H groups in total. The summed E-state index contributed by atoms with van der Waals surface area (Å²) in [5.41, 5.74) is 17.2. The summed E-state index contributed by atoms with van der Waals surface area (Å²) in [7, 11) is 0. The lowest BCUT2D eigenvalue weighted by atomic mass is 9.92. The average molecular weight is 1710 g/mol. The van der Waals surface area contributed by atoms with Crippen molar-refractivity contribution < 1.29 is 81.7 Å². The van der Waals surface area contributed by atoms with Gasteiger partial charge in [-0.3, -0.25) is 0 Å². The van der Waals surface area contributed by atoms with Gasteiger partial charge in [0.15, 0.2) is 0 Å². The highest BCUT2D eigenvalue weighted by Gasteiger charge is 2.20. The van der Waals surface area contributed by atoms with Gasteiger partial charge in [-0.25, -0.2) is 0 Å². The first-order valence-electron chi connectivity index (χ1n) is 42.0. The molecular weight excluding hydrogens is 1610 g/mol. The number of rotatable bonds is 18. The monoisotopic (exact) mass is 1710 g/mol. The van der Waals surface area contributed by atoms with Gasteiger partial charge in [0.05, 0.1) is 0 Å². The van der Waals surface area contributed by atoms with Crippen molar-refractivity contribution in [2.45, 2.75) is 57.8 Å². The van der Waals surface area contributed by atoms with Crippen molar-refractivity contribution >= 4 is 53.9 Å². The van der Waals surface area contributed by atoms with Crippen LogP contribution in [0.4, 0.5) is 0 Å². The van der Waals surface area contributed by atoms with Crippen LogP contribution in [0.25, 0.3) is 53.9 Å². The van der Waals surface area contributed by atoms with E-state index >= 15 is 0 Å². The molecular formula is C113H94O16. The number of phenolic OH excluding ortho intramolecular Hbond substituents is 16. The summed E-state index contributed by atoms with van der Waals surface area (Å²) in [5, 5.41) is 168. The molecule has 0 unspecified atom stereocenters. The molecule has 0 aromatic heterocycles. The Morgan fingerprint density at radius 2 is 0.426 bits per heavy atom. The van der Waals surface area contributed by atoms with Gasteiger partial charge >= 0.3 is 0 Å². The van der Waals surface area contributed by atoms with Crippen LogP contribution >= 0.6 is 0 Å². The van der Waals surface area contributed by atoms with Crippen LogP contribution in [0.5, 0.6) is 92.0 Å². The lowest BCUT2D eigenvalue weighted by Gasteiger charge is -2.15. The second-order valence-corrected chi connectivity index (χ2v) is 32.1. The van der Waals surface area contributed by atoms with E-state index in [1.54, 1.807) is 170 Å². The smallest absolute Gasteiger partial charge is 0.127 e. The van der Waals surface area contributed by atoms with Crippen LogP contribution in [0.15, 0.2) is 364 Å². The quantitative estimate of drug-likeness (QED) is 0.0355. The number of phenols is 16. The summed E-state index contributed by atoms with van der Waals surface area (Å²) in [4.78, 5) is 0. The Morgan fingerprint density at radius 3 is 0.853 bits per heavy atom. The van der Waals surface area contributed by atoms with Crippen LogP contribution in [0.2, 0.25) is 0 Å². The third kappa shape index (κ3) is 21.9. The minimum atomic E-state index is 0.121. The Labute approximate surface area is 745 Å². The SMILES string of the molecule is Oc1ccc(Cc2cc(Cc3ccc(O)cc3)c3ccccc3c2O)cc1.Oc1ccc(Cc2cc(O)c3c(Cc4ccc(O)cc4)cccc3c2O)cc1.Oc1ccc(Cc2cc(O)c3ccccc3c2O)cc1.Oc1ccc(Cc2cc3ccccc3c(Cc3ccc(O)cc3)c2O)cc1.Oc1ccc(Cc2ccc3c(Cc4ccc(O)cc4)c(O)ccc3c2)cc1. The maximum Gasteiger partial charge on any atom is 0.127 e. The van der Waals surface area contributed by atoms with E-state index in [0.717, 1.165) is 122 Å². The lowest BCUT2D eigenvalue weighted by molar-refractivity contribution is 0.464. The van der Waals surface area contributed by atoms with Gasteiger partial charge in [-0.05, 0) is 258 Å². The largest absolute Gasteiger partial charge is 0.508 e. The van der Waals surface area contributed by atoms with Gasteiger partial charge in [0.25, 0.3) is 0 Å². The van der Waals surface area contributed by atoms with Crippen LogP contribution in [0.3, 0.4) is 0 Å². The van der Waals surface area contributed by atoms with Gasteiger partial charge in [0.1, 0.15) is 92.0 Å². The third-order valence-electron chi connectivity index (χ3n) is 22.9. The number of hydrogen-bond donors (Lipinski definition) is 16. The Balaban J connectivity index is 0.000000124. The zero-order valence-corrected chi connectivity index (χ0v) is 70.2. The molecule has 19 rings (SSSR count). The highest BCUT2D eigenvalue weighted by molar-refractivity contribution is 5.98. The molecule has 0 amide bonds. The number of fused-ring (bicyclic) bond motifs is 5. The second kappa shape index (κ2) is 39.9. The Bertz CT molecular complexity index is 7080. The van der Waals surface area contributed by atoms with E-state index in [1.807, 2.05) is 164 Å². The Morgan fingerprint density at radius 1 is 0.140 bits per heavy atom. The van der Waals surface area contributed by atoms with Gasteiger partial charge < -0.3 is 81.7 Å². The highest BCUT2D eigenvalue weighted by Crippen LogP contribution is 2.43. The Kier molecular flexibility index (Phi) is 26.9. The normalized spacial score (nSPS) is 10.9. The molecule has 0 radical (unpaired) electrons. The zero-order chi connectivity index (χ0) is 90.2. The fourth-order valence-electron chi connectivity index (χ4n) is 16.2. The molecule has 0 saturated carbocycles. The van der Waals surface area contributed by atoms with E-state index in [2.05, 4.69) is 30.3 Å². The van der Waals surface area contributed by atoms with E-state index in [-0.39, 0.29) is 80.5 Å². The maximum atomic E-state index is 11.0. The first kappa shape index (κ1) is 87.2. The molecule has 0 spiro atoms. The molecule has 0 saturated heterocycles. The molecule has 129 heavy (non-hydrogen) atoms. The van der Waals surface area contributed by atoms with Gasteiger partial charge in [-0.15, -0.1) is 0 Å². The van der Waals surface area contributed by atoms with E-state index in [9.17, 15) is 81.7 Å². The molecule has 0 aliphatic carbocycles. The first-order chi connectivity index (χ1) is 62.4. The third-order valence-corrected chi connectivity index (χ3v) is 22.9. The fourth-order valence-corrected chi connectivity index (χ4v) is 16.2. The minimum absolute atomic E-state index is 0.121. The van der Waals surface area contributed by atoms with Crippen LogP contribution in [-0.2, 0) is 57.8 Å². The topological polar surface area (TPSA) is 324 Å². The van der Waals surface area contributed by atoms with Gasteiger partial charge in [0, 0.05) is 87.7 Å². The van der Waals surface area contributed by atoms with Crippen LogP contribution < -0.4 is 0 Å². The van der Waals surface area contributed by atoms with Crippen molar-refractivity contribution in [1.29, 1.82) is 0 Å². The van der Waals surface area contributed by atoms with E-state index < -0.39 is 0 Å². The van der Waals surface area contributed by atoms with Crippen molar-refractivity contribution in [3.8, 4) is 92.0 Å². The van der Waals surface area contributed by atoms with Crippen molar-refractivity contribution in [2.24, 2.45) is 0 Å². The van der Waals surface area contributed by atoms with Crippen molar-refractivity contribution in [2.75, 3.05) is 0 Å². The van der Waals surface area contributed by atoms with Gasteiger partial charge in [-0.2, -0.15) is 0 Å². The second-order valence-electron chi connectivity index (χ2n) is 32.1. The molecule has 0 bridgehead atoms. The molecule has 0 atom stereocenters. The van der Waals surface area contributed by atoms with Gasteiger partial charge in [0.2, 0.25) is 0 Å². The standard InChI is InChI=1S/C24H20O4.3C24H20O3.C17H14O3/c25-19-8-4-15(5-9-19)12-17-2-1-3-21-23(17)22(27)14-18(24(21)28)13-16-6-10-20(26)11-7-16;25-20-7-1-16(2-8-20)13-18-5-11-22-19(14-18)6-12-24(27)23(22)15-17-3-9-21(26)10-4-17;25-20-9-5-16(6-10-20)13-18-15-19(14-17-7-11-21(26)12-8-17)24(27)23-4-2-1-3-22(18)23;25-20-9-5-16(6-10-20)13-19-15-18-3-1-2-4-22(18)23(24(19)27)14-17-7-11-21(26)12-8-17;18-13-7-5-11(6-8-13)9-12-10-16(19)14-3-1-2-4-15(14)17(12)20/h1-11,14,25-28H,12-13H2;1-12,14,25-27H,13,15H2;2*1-12,15,25-27H,13-14H2;1-8,10,18-20H,9H2. The molecule has 16 nitrogen and oxygen atoms in total.